The third-order valence-electron chi connectivity index (χ3n) is 7.55. The van der Waals surface area contributed by atoms with Gasteiger partial charge in [-0.1, -0.05) is 26.7 Å². The minimum atomic E-state index is -4.30. The van der Waals surface area contributed by atoms with E-state index in [2.05, 4.69) is 51.3 Å². The molecule has 0 unspecified atom stereocenters. The molecule has 0 radical (unpaired) electrons. The van der Waals surface area contributed by atoms with Crippen LogP contribution in [0.2, 0.25) is 0 Å². The highest BCUT2D eigenvalue weighted by Gasteiger charge is 2.33. The Morgan fingerprint density at radius 1 is 0.538 bits per heavy atom. The van der Waals surface area contributed by atoms with Crippen LogP contribution < -0.4 is 0 Å². The summed E-state index contributed by atoms with van der Waals surface area (Å²) in [5, 5.41) is 15.9. The number of rotatable bonds is 10. The van der Waals surface area contributed by atoms with E-state index in [1.165, 1.54) is 53.0 Å². The summed E-state index contributed by atoms with van der Waals surface area (Å²) in [6, 6.07) is 17.0. The standard InChI is InChI=1S/C9H6ClF2NO3S2.C9H7F2NO4S2.C9H7F2NOS2.C9H7F2NOS/c1-9(11,12)7-4-5(13-16-7)6-2-3-8(17-6)18(10,14)15;1-9(10,11)7-4-5(12-16-7)6-2-3-8(17-6)18(13,14)15;1-9(10,11)7-4-5(12-13-7)6-2-3-8(14)15-6;1-9(10,11)8-5-6(12-13-8)7-3-2-4-14-7/h2-4H,1H3;2-4H,1H3,(H,13,14,15);2-4,14H,1H3;2-5H,1H3. The zero-order valence-electron chi connectivity index (χ0n) is 32.8. The summed E-state index contributed by atoms with van der Waals surface area (Å²) in [6.07, 6.45) is 0. The van der Waals surface area contributed by atoms with Gasteiger partial charge in [0.25, 0.3) is 9.05 Å². The first-order valence-electron chi connectivity index (χ1n) is 17.2. The van der Waals surface area contributed by atoms with Crippen LogP contribution in [0.3, 0.4) is 0 Å². The summed E-state index contributed by atoms with van der Waals surface area (Å²) in [7, 11) is -2.97. The molecular formula is C36H27ClF8N4O9S7. The quantitative estimate of drug-likeness (QED) is 0.0569. The normalized spacial score (nSPS) is 12.5. The summed E-state index contributed by atoms with van der Waals surface area (Å²) < 4.78 is 174. The van der Waals surface area contributed by atoms with Crippen LogP contribution >= 0.6 is 68.7 Å². The molecule has 0 fully saturated rings. The summed E-state index contributed by atoms with van der Waals surface area (Å²) in [5.74, 6) is -14.3. The molecule has 29 heteroatoms. The maximum absolute atomic E-state index is 12.9. The molecule has 0 bridgehead atoms. The minimum absolute atomic E-state index is 0.0769. The van der Waals surface area contributed by atoms with Gasteiger partial charge in [-0.05, 0) is 47.8 Å². The molecule has 1 N–H and O–H groups in total. The molecule has 8 rings (SSSR count). The summed E-state index contributed by atoms with van der Waals surface area (Å²) in [6.45, 7) is 2.90. The summed E-state index contributed by atoms with van der Waals surface area (Å²) >= 11 is 8.47. The minimum Gasteiger partial charge on any atom is -0.354 e. The third kappa shape index (κ3) is 14.3. The van der Waals surface area contributed by atoms with Crippen molar-refractivity contribution in [2.75, 3.05) is 0 Å². The van der Waals surface area contributed by atoms with E-state index in [-0.39, 0.29) is 19.8 Å². The monoisotopic (exact) mass is 1070 g/mol. The molecule has 350 valence electrons. The predicted octanol–water partition coefficient (Wildman–Crippen LogP) is 13.5. The Balaban J connectivity index is 0.000000164. The molecule has 0 aromatic carbocycles. The Bertz CT molecular complexity index is 2920. The predicted molar refractivity (Wildman–Crippen MR) is 228 cm³/mol. The lowest BCUT2D eigenvalue weighted by molar-refractivity contribution is -0.0109. The number of thiophene rings is 4. The van der Waals surface area contributed by atoms with Crippen LogP contribution in [0.5, 0.6) is 0 Å². The Hall–Kier alpha value is -4.42. The average molecular weight is 1070 g/mol. The number of hydrogen-bond donors (Lipinski definition) is 2. The summed E-state index contributed by atoms with van der Waals surface area (Å²) in [4.78, 5) is 2.28. The third-order valence-corrected chi connectivity index (χ3v) is 15.4. The van der Waals surface area contributed by atoms with E-state index in [1.54, 1.807) is 18.2 Å². The molecule has 0 aliphatic carbocycles. The van der Waals surface area contributed by atoms with E-state index < -0.39 is 65.9 Å². The van der Waals surface area contributed by atoms with Crippen molar-refractivity contribution in [2.45, 2.75) is 64.0 Å². The van der Waals surface area contributed by atoms with Crippen molar-refractivity contribution in [2.24, 2.45) is 0 Å². The molecule has 0 aliphatic heterocycles. The highest BCUT2D eigenvalue weighted by molar-refractivity contribution is 8.15. The van der Waals surface area contributed by atoms with Gasteiger partial charge < -0.3 is 18.1 Å². The first-order chi connectivity index (χ1) is 29.9. The van der Waals surface area contributed by atoms with Gasteiger partial charge in [-0.25, -0.2) is 8.42 Å². The number of thiol groups is 1. The molecule has 65 heavy (non-hydrogen) atoms. The number of nitrogens with zero attached hydrogens (tertiary/aromatic N) is 4. The number of hydrogen-bond acceptors (Lipinski definition) is 17. The Morgan fingerprint density at radius 3 is 1.14 bits per heavy atom. The van der Waals surface area contributed by atoms with Crippen LogP contribution in [0, 0.1) is 0 Å². The van der Waals surface area contributed by atoms with E-state index in [4.69, 9.17) is 15.2 Å². The highest BCUT2D eigenvalue weighted by Crippen LogP contribution is 2.38. The van der Waals surface area contributed by atoms with Gasteiger partial charge in [-0.15, -0.1) is 58.0 Å². The van der Waals surface area contributed by atoms with Gasteiger partial charge in [-0.3, -0.25) is 4.55 Å². The lowest BCUT2D eigenvalue weighted by Crippen LogP contribution is -2.04. The smallest absolute Gasteiger partial charge is 0.304 e. The van der Waals surface area contributed by atoms with Crippen LogP contribution in [0.15, 0.2) is 109 Å². The van der Waals surface area contributed by atoms with E-state index in [0.29, 0.717) is 46.3 Å². The Labute approximate surface area is 388 Å². The van der Waals surface area contributed by atoms with Crippen LogP contribution in [-0.4, -0.2) is 42.0 Å². The fraction of sp³-hybridized carbons (Fsp3) is 0.222. The van der Waals surface area contributed by atoms with Crippen molar-refractivity contribution in [3.05, 3.63) is 101 Å². The van der Waals surface area contributed by atoms with Crippen LogP contribution in [0.1, 0.15) is 50.7 Å². The molecule has 0 atom stereocenters. The van der Waals surface area contributed by atoms with Gasteiger partial charge in [0.15, 0.2) is 0 Å². The summed E-state index contributed by atoms with van der Waals surface area (Å²) in [5.41, 5.74) is 1.10. The number of alkyl halides is 8. The highest BCUT2D eigenvalue weighted by atomic mass is 35.7. The lowest BCUT2D eigenvalue weighted by atomic mass is 10.2. The number of aromatic nitrogens is 4. The largest absolute Gasteiger partial charge is 0.354 e. The van der Waals surface area contributed by atoms with Gasteiger partial charge in [0, 0.05) is 62.6 Å². The van der Waals surface area contributed by atoms with Gasteiger partial charge in [0.05, 0.1) is 23.7 Å². The number of halogens is 9. The molecular weight excluding hydrogens is 1040 g/mol. The van der Waals surface area contributed by atoms with Gasteiger partial charge in [-0.2, -0.15) is 43.5 Å². The topological polar surface area (TPSA) is 193 Å². The van der Waals surface area contributed by atoms with Crippen molar-refractivity contribution >= 4 is 87.8 Å². The SMILES string of the molecule is CC(F)(F)c1cc(-c2ccc(S(=O)(=O)Cl)s2)no1.CC(F)(F)c1cc(-c2ccc(S(=O)(=O)O)s2)no1.CC(F)(F)c1cc(-c2ccc(S)s2)no1.CC(F)(F)c1cc(-c2cccs2)no1. The average Bonchev–Trinajstić information content (AvgIpc) is 4.02. The zero-order valence-corrected chi connectivity index (χ0v) is 39.4. The van der Waals surface area contributed by atoms with E-state index in [1.807, 2.05) is 11.4 Å². The molecule has 0 spiro atoms. The van der Waals surface area contributed by atoms with Crippen LogP contribution in [0.25, 0.3) is 42.3 Å². The Morgan fingerprint density at radius 2 is 0.877 bits per heavy atom. The lowest BCUT2D eigenvalue weighted by Gasteiger charge is -2.02. The van der Waals surface area contributed by atoms with Gasteiger partial charge in [0.1, 0.15) is 31.2 Å². The zero-order chi connectivity index (χ0) is 48.3. The molecule has 13 nitrogen and oxygen atoms in total. The van der Waals surface area contributed by atoms with E-state index in [0.717, 1.165) is 57.3 Å². The first-order valence-corrected chi connectivity index (χ1v) is 24.8. The van der Waals surface area contributed by atoms with Crippen molar-refractivity contribution in [3.8, 4) is 42.3 Å². The molecule has 8 aromatic heterocycles. The molecule has 0 saturated carbocycles. The fourth-order valence-electron chi connectivity index (χ4n) is 4.47. The Kier molecular flexibility index (Phi) is 15.7. The second-order valence-corrected chi connectivity index (χ2v) is 22.5. The fourth-order valence-corrected chi connectivity index (χ4v) is 9.86. The van der Waals surface area contributed by atoms with Crippen molar-refractivity contribution in [1.82, 2.24) is 20.6 Å². The van der Waals surface area contributed by atoms with Gasteiger partial charge >= 0.3 is 33.8 Å². The molecule has 0 saturated heterocycles. The van der Waals surface area contributed by atoms with Crippen molar-refractivity contribution in [3.63, 3.8) is 0 Å². The van der Waals surface area contributed by atoms with Crippen LogP contribution in [0.4, 0.5) is 35.1 Å². The van der Waals surface area contributed by atoms with Crippen LogP contribution in [-0.2, 0) is 42.9 Å². The van der Waals surface area contributed by atoms with Crippen molar-refractivity contribution < 1.29 is 74.6 Å². The van der Waals surface area contributed by atoms with E-state index in [9.17, 15) is 52.0 Å². The molecule has 0 amide bonds. The maximum Gasteiger partial charge on any atom is 0.304 e. The molecule has 8 aromatic rings. The molecule has 0 aliphatic rings. The van der Waals surface area contributed by atoms with Crippen molar-refractivity contribution in [1.29, 1.82) is 0 Å². The second-order valence-electron chi connectivity index (χ2n) is 13.1. The van der Waals surface area contributed by atoms with E-state index >= 15 is 0 Å². The first kappa shape index (κ1) is 51.6. The maximum atomic E-state index is 12.9. The second kappa shape index (κ2) is 19.8. The molecule has 8 heterocycles. The van der Waals surface area contributed by atoms with Gasteiger partial charge in [0.2, 0.25) is 23.0 Å².